The molecule has 4 unspecified atom stereocenters. The van der Waals surface area contributed by atoms with Gasteiger partial charge in [-0.15, -0.1) is 0 Å². The third-order valence-electron chi connectivity index (χ3n) is 5.05. The first-order valence-corrected chi connectivity index (χ1v) is 8.56. The Kier molecular flexibility index (Phi) is 6.09. The molecule has 0 aliphatic carbocycles. The van der Waals surface area contributed by atoms with Crippen LogP contribution in [0.3, 0.4) is 0 Å². The Bertz CT molecular complexity index is 449. The van der Waals surface area contributed by atoms with E-state index < -0.39 is 0 Å². The van der Waals surface area contributed by atoms with Gasteiger partial charge in [0.15, 0.2) is 0 Å². The van der Waals surface area contributed by atoms with Gasteiger partial charge in [0.05, 0.1) is 0 Å². The smallest absolute Gasteiger partial charge is 0.0453 e. The van der Waals surface area contributed by atoms with Gasteiger partial charge in [0, 0.05) is 30.2 Å². The third kappa shape index (κ3) is 4.21. The lowest BCUT2D eigenvalue weighted by Gasteiger charge is -2.41. The van der Waals surface area contributed by atoms with Gasteiger partial charge in [-0.25, -0.2) is 0 Å². The van der Waals surface area contributed by atoms with Crippen LogP contribution in [0.4, 0.5) is 0 Å². The molecular weight excluding hydrogens is 280 g/mol. The molecule has 0 bridgehead atoms. The molecule has 1 fully saturated rings. The minimum absolute atomic E-state index is 0.332. The maximum Gasteiger partial charge on any atom is 0.0453 e. The number of halogens is 1. The standard InChI is InChI=1S/C18H29ClN2/c1-13-11-14(2)15(3)21(12-13)10-9-18(20-4)16-7-5-6-8-17(16)19/h5-8,13-15,18,20H,9-12H2,1-4H3. The van der Waals surface area contributed by atoms with E-state index in [1.807, 2.05) is 19.2 Å². The Morgan fingerprint density at radius 3 is 2.67 bits per heavy atom. The molecular formula is C18H29ClN2. The summed E-state index contributed by atoms with van der Waals surface area (Å²) in [6.07, 6.45) is 2.46. The highest BCUT2D eigenvalue weighted by atomic mass is 35.5. The molecule has 21 heavy (non-hydrogen) atoms. The van der Waals surface area contributed by atoms with Crippen LogP contribution in [0.15, 0.2) is 24.3 Å². The summed E-state index contributed by atoms with van der Waals surface area (Å²) in [7, 11) is 2.03. The zero-order chi connectivity index (χ0) is 15.4. The summed E-state index contributed by atoms with van der Waals surface area (Å²) in [5.74, 6) is 1.60. The average Bonchev–Trinajstić information content (AvgIpc) is 2.46. The minimum atomic E-state index is 0.332. The second-order valence-corrected chi connectivity index (χ2v) is 7.11. The van der Waals surface area contributed by atoms with Crippen LogP contribution < -0.4 is 5.32 Å². The van der Waals surface area contributed by atoms with Crippen molar-refractivity contribution in [1.82, 2.24) is 10.2 Å². The summed E-state index contributed by atoms with van der Waals surface area (Å²) in [5, 5.41) is 4.29. The molecule has 1 heterocycles. The van der Waals surface area contributed by atoms with Crippen LogP contribution in [0.2, 0.25) is 5.02 Å². The van der Waals surface area contributed by atoms with Crippen molar-refractivity contribution in [3.63, 3.8) is 0 Å². The van der Waals surface area contributed by atoms with Gasteiger partial charge >= 0.3 is 0 Å². The number of hydrogen-bond donors (Lipinski definition) is 1. The van der Waals surface area contributed by atoms with Crippen molar-refractivity contribution in [2.75, 3.05) is 20.1 Å². The molecule has 1 N–H and O–H groups in total. The van der Waals surface area contributed by atoms with E-state index in [1.165, 1.54) is 18.5 Å². The van der Waals surface area contributed by atoms with Crippen LogP contribution in [0, 0.1) is 11.8 Å². The fourth-order valence-corrected chi connectivity index (χ4v) is 3.90. The quantitative estimate of drug-likeness (QED) is 0.869. The van der Waals surface area contributed by atoms with E-state index >= 15 is 0 Å². The Morgan fingerprint density at radius 2 is 2.00 bits per heavy atom. The zero-order valence-corrected chi connectivity index (χ0v) is 14.5. The van der Waals surface area contributed by atoms with Gasteiger partial charge in [-0.2, -0.15) is 0 Å². The van der Waals surface area contributed by atoms with Gasteiger partial charge in [-0.3, -0.25) is 0 Å². The molecule has 1 aromatic carbocycles. The van der Waals surface area contributed by atoms with Crippen molar-refractivity contribution in [2.24, 2.45) is 11.8 Å². The topological polar surface area (TPSA) is 15.3 Å². The lowest BCUT2D eigenvalue weighted by molar-refractivity contribution is 0.0760. The lowest BCUT2D eigenvalue weighted by atomic mass is 9.85. The summed E-state index contributed by atoms with van der Waals surface area (Å²) in [6.45, 7) is 9.49. The largest absolute Gasteiger partial charge is 0.313 e. The maximum atomic E-state index is 6.34. The van der Waals surface area contributed by atoms with E-state index in [2.05, 4.69) is 43.1 Å². The highest BCUT2D eigenvalue weighted by Crippen LogP contribution is 2.29. The van der Waals surface area contributed by atoms with Crippen molar-refractivity contribution in [2.45, 2.75) is 45.7 Å². The SMILES string of the molecule is CNC(CCN1CC(C)CC(C)C1C)c1ccccc1Cl. The van der Waals surface area contributed by atoms with Crippen molar-refractivity contribution in [3.8, 4) is 0 Å². The van der Waals surface area contributed by atoms with Crippen molar-refractivity contribution in [3.05, 3.63) is 34.9 Å². The van der Waals surface area contributed by atoms with E-state index in [9.17, 15) is 0 Å². The highest BCUT2D eigenvalue weighted by molar-refractivity contribution is 6.31. The average molecular weight is 309 g/mol. The Morgan fingerprint density at radius 1 is 1.29 bits per heavy atom. The van der Waals surface area contributed by atoms with Crippen molar-refractivity contribution < 1.29 is 0 Å². The molecule has 0 radical (unpaired) electrons. The lowest BCUT2D eigenvalue weighted by Crippen LogP contribution is -2.46. The van der Waals surface area contributed by atoms with E-state index in [0.717, 1.165) is 29.8 Å². The summed E-state index contributed by atoms with van der Waals surface area (Å²) in [5.41, 5.74) is 1.22. The second-order valence-electron chi connectivity index (χ2n) is 6.71. The first-order chi connectivity index (χ1) is 10.0. The van der Waals surface area contributed by atoms with Gasteiger partial charge in [0.25, 0.3) is 0 Å². The van der Waals surface area contributed by atoms with Gasteiger partial charge in [-0.05, 0) is 50.3 Å². The first kappa shape index (κ1) is 16.8. The molecule has 1 aromatic rings. The number of piperidine rings is 1. The Balaban J connectivity index is 1.98. The molecule has 0 amide bonds. The number of nitrogens with zero attached hydrogens (tertiary/aromatic N) is 1. The Hall–Kier alpha value is -0.570. The molecule has 118 valence electrons. The predicted octanol–water partition coefficient (Wildman–Crippen LogP) is 4.36. The van der Waals surface area contributed by atoms with Gasteiger partial charge < -0.3 is 10.2 Å². The van der Waals surface area contributed by atoms with Crippen LogP contribution in [0.5, 0.6) is 0 Å². The van der Waals surface area contributed by atoms with Crippen LogP contribution in [0.1, 0.15) is 45.2 Å². The summed E-state index contributed by atoms with van der Waals surface area (Å²) >= 11 is 6.34. The molecule has 2 rings (SSSR count). The fraction of sp³-hybridized carbons (Fsp3) is 0.667. The van der Waals surface area contributed by atoms with Crippen LogP contribution in [-0.2, 0) is 0 Å². The summed E-state index contributed by atoms with van der Waals surface area (Å²) < 4.78 is 0. The van der Waals surface area contributed by atoms with Crippen LogP contribution in [0.25, 0.3) is 0 Å². The highest BCUT2D eigenvalue weighted by Gasteiger charge is 2.28. The summed E-state index contributed by atoms with van der Waals surface area (Å²) in [6, 6.07) is 9.19. The zero-order valence-electron chi connectivity index (χ0n) is 13.8. The van der Waals surface area contributed by atoms with Crippen molar-refractivity contribution in [1.29, 1.82) is 0 Å². The number of nitrogens with one attached hydrogen (secondary N) is 1. The normalized spacial score (nSPS) is 28.5. The van der Waals surface area contributed by atoms with Crippen molar-refractivity contribution >= 4 is 11.6 Å². The monoisotopic (exact) mass is 308 g/mol. The molecule has 0 saturated carbocycles. The fourth-order valence-electron chi connectivity index (χ4n) is 3.64. The molecule has 4 atom stereocenters. The maximum absolute atomic E-state index is 6.34. The van der Waals surface area contributed by atoms with Gasteiger partial charge in [-0.1, -0.05) is 43.6 Å². The number of likely N-dealkylation sites (tertiary alicyclic amines) is 1. The van der Waals surface area contributed by atoms with E-state index in [-0.39, 0.29) is 0 Å². The predicted molar refractivity (Wildman–Crippen MR) is 91.8 cm³/mol. The van der Waals surface area contributed by atoms with Crippen LogP contribution >= 0.6 is 11.6 Å². The van der Waals surface area contributed by atoms with Crippen LogP contribution in [-0.4, -0.2) is 31.1 Å². The molecule has 0 aromatic heterocycles. The minimum Gasteiger partial charge on any atom is -0.313 e. The van der Waals surface area contributed by atoms with Gasteiger partial charge in [0.1, 0.15) is 0 Å². The molecule has 1 aliphatic heterocycles. The second kappa shape index (κ2) is 7.62. The third-order valence-corrected chi connectivity index (χ3v) is 5.40. The van der Waals surface area contributed by atoms with E-state index in [4.69, 9.17) is 11.6 Å². The molecule has 3 heteroatoms. The molecule has 2 nitrogen and oxygen atoms in total. The van der Waals surface area contributed by atoms with E-state index in [1.54, 1.807) is 0 Å². The number of benzene rings is 1. The van der Waals surface area contributed by atoms with Gasteiger partial charge in [0.2, 0.25) is 0 Å². The molecule has 1 saturated heterocycles. The number of rotatable bonds is 5. The number of hydrogen-bond acceptors (Lipinski definition) is 2. The molecule has 0 spiro atoms. The molecule has 1 aliphatic rings. The summed E-state index contributed by atoms with van der Waals surface area (Å²) in [4.78, 5) is 2.65. The van der Waals surface area contributed by atoms with E-state index in [0.29, 0.717) is 12.1 Å². The first-order valence-electron chi connectivity index (χ1n) is 8.18. The Labute approximate surface area is 134 Å².